The van der Waals surface area contributed by atoms with E-state index in [1.807, 2.05) is 48.5 Å². The summed E-state index contributed by atoms with van der Waals surface area (Å²) in [5, 5.41) is 14.9. The number of aromatic nitrogens is 3. The van der Waals surface area contributed by atoms with Crippen LogP contribution in [0.3, 0.4) is 0 Å². The first-order valence-electron chi connectivity index (χ1n) is 12.2. The van der Waals surface area contributed by atoms with Crippen molar-refractivity contribution in [1.82, 2.24) is 40.1 Å². The fourth-order valence-corrected chi connectivity index (χ4v) is 5.05. The van der Waals surface area contributed by atoms with Crippen LogP contribution in [0.15, 0.2) is 61.2 Å². The van der Waals surface area contributed by atoms with Crippen molar-refractivity contribution < 1.29 is 14.4 Å². The summed E-state index contributed by atoms with van der Waals surface area (Å²) in [6.45, 7) is 6.67. The predicted octanol–water partition coefficient (Wildman–Crippen LogP) is 1.48. The smallest absolute Gasteiger partial charge is 0.333 e. The van der Waals surface area contributed by atoms with E-state index in [0.717, 1.165) is 22.2 Å². The number of hydrogen-bond donors (Lipinski definition) is 1. The molecule has 2 aliphatic heterocycles. The van der Waals surface area contributed by atoms with Gasteiger partial charge in [0.2, 0.25) is 11.8 Å². The SMILES string of the molecule is C=CCN1CC(=O)N2[C@@H](C)C(=O)N(Cc3ccc4nn(C)nc4c3)C[C@@H]2N1C(=O)NCc1ccccc1. The molecule has 2 aliphatic rings. The van der Waals surface area contributed by atoms with Crippen LogP contribution in [-0.4, -0.2) is 84.5 Å². The molecule has 4 amide bonds. The quantitative estimate of drug-likeness (QED) is 0.512. The Morgan fingerprint density at radius 1 is 1.11 bits per heavy atom. The molecule has 2 saturated heterocycles. The molecule has 3 aromatic rings. The second-order valence-electron chi connectivity index (χ2n) is 9.31. The van der Waals surface area contributed by atoms with Crippen molar-refractivity contribution in [2.45, 2.75) is 32.2 Å². The summed E-state index contributed by atoms with van der Waals surface area (Å²) in [6, 6.07) is 14.3. The second kappa shape index (κ2) is 10.0. The van der Waals surface area contributed by atoms with Gasteiger partial charge in [-0.1, -0.05) is 42.5 Å². The van der Waals surface area contributed by atoms with Crippen LogP contribution in [0.5, 0.6) is 0 Å². The molecule has 192 valence electrons. The van der Waals surface area contributed by atoms with Gasteiger partial charge >= 0.3 is 6.03 Å². The first-order valence-corrected chi connectivity index (χ1v) is 12.2. The van der Waals surface area contributed by atoms with Gasteiger partial charge < -0.3 is 15.1 Å². The molecule has 11 heteroatoms. The Bertz CT molecular complexity index is 1340. The zero-order valence-corrected chi connectivity index (χ0v) is 20.9. The van der Waals surface area contributed by atoms with Crippen molar-refractivity contribution >= 4 is 28.9 Å². The van der Waals surface area contributed by atoms with Gasteiger partial charge in [-0.3, -0.25) is 9.59 Å². The van der Waals surface area contributed by atoms with Crippen LogP contribution in [0.1, 0.15) is 18.1 Å². The number of nitrogens with zero attached hydrogens (tertiary/aromatic N) is 7. The molecule has 5 rings (SSSR count). The number of nitrogens with one attached hydrogen (secondary N) is 1. The maximum absolute atomic E-state index is 13.5. The van der Waals surface area contributed by atoms with E-state index < -0.39 is 12.2 Å². The second-order valence-corrected chi connectivity index (χ2v) is 9.31. The molecule has 1 N–H and O–H groups in total. The van der Waals surface area contributed by atoms with Crippen LogP contribution < -0.4 is 5.32 Å². The number of amides is 4. The van der Waals surface area contributed by atoms with Crippen molar-refractivity contribution in [1.29, 1.82) is 0 Å². The molecular formula is C26H30N8O3. The average molecular weight is 503 g/mol. The molecule has 2 fully saturated rings. The fraction of sp³-hybridized carbons (Fsp3) is 0.346. The minimum atomic E-state index is -0.707. The number of aryl methyl sites for hydroxylation is 1. The number of benzene rings is 2. The van der Waals surface area contributed by atoms with E-state index >= 15 is 0 Å². The van der Waals surface area contributed by atoms with Crippen LogP contribution in [0.4, 0.5) is 4.79 Å². The first kappa shape index (κ1) is 24.4. The highest BCUT2D eigenvalue weighted by atomic mass is 16.2. The van der Waals surface area contributed by atoms with Crippen molar-refractivity contribution in [2.75, 3.05) is 19.6 Å². The molecule has 2 aromatic carbocycles. The molecule has 2 atom stereocenters. The van der Waals surface area contributed by atoms with Gasteiger partial charge in [0.15, 0.2) is 0 Å². The average Bonchev–Trinajstić information content (AvgIpc) is 3.25. The molecular weight excluding hydrogens is 472 g/mol. The summed E-state index contributed by atoms with van der Waals surface area (Å²) in [6.07, 6.45) is 1.01. The lowest BCUT2D eigenvalue weighted by molar-refractivity contribution is -0.188. The van der Waals surface area contributed by atoms with Gasteiger partial charge in [0.25, 0.3) is 0 Å². The third kappa shape index (κ3) is 4.77. The summed E-state index contributed by atoms with van der Waals surface area (Å²) in [5.74, 6) is -0.355. The largest absolute Gasteiger partial charge is 0.334 e. The normalized spacial score (nSPS) is 20.3. The van der Waals surface area contributed by atoms with Crippen molar-refractivity contribution in [3.63, 3.8) is 0 Å². The lowest BCUT2D eigenvalue weighted by Gasteiger charge is -2.54. The lowest BCUT2D eigenvalue weighted by atomic mass is 10.1. The summed E-state index contributed by atoms with van der Waals surface area (Å²) in [7, 11) is 1.76. The third-order valence-electron chi connectivity index (χ3n) is 6.74. The van der Waals surface area contributed by atoms with Crippen molar-refractivity contribution in [3.8, 4) is 0 Å². The number of carbonyl (C=O) groups is 3. The van der Waals surface area contributed by atoms with Gasteiger partial charge in [0, 0.05) is 26.7 Å². The Morgan fingerprint density at radius 3 is 2.62 bits per heavy atom. The Kier molecular flexibility index (Phi) is 6.62. The standard InChI is InChI=1S/C26H30N8O3/c1-4-12-32-17-24(35)33-18(2)25(36)31(15-20-10-11-21-22(13-20)29-30(3)28-21)16-23(33)34(32)26(37)27-14-19-8-6-5-7-9-19/h4-11,13,18,23H,1,12,14-17H2,2-3H3,(H,27,37)/t18-,23-/m0/s1. The lowest BCUT2D eigenvalue weighted by Crippen LogP contribution is -2.75. The highest BCUT2D eigenvalue weighted by Crippen LogP contribution is 2.27. The van der Waals surface area contributed by atoms with Gasteiger partial charge in [-0.05, 0) is 30.2 Å². The number of rotatable bonds is 6. The molecule has 0 unspecified atom stereocenters. The zero-order chi connectivity index (χ0) is 26.1. The number of fused-ring (bicyclic) bond motifs is 2. The monoisotopic (exact) mass is 502 g/mol. The van der Waals surface area contributed by atoms with E-state index in [1.54, 1.807) is 35.0 Å². The Hall–Kier alpha value is -4.25. The summed E-state index contributed by atoms with van der Waals surface area (Å²) < 4.78 is 0. The van der Waals surface area contributed by atoms with Gasteiger partial charge in [-0.2, -0.15) is 15.0 Å². The van der Waals surface area contributed by atoms with Crippen LogP contribution >= 0.6 is 0 Å². The number of hydrogen-bond acceptors (Lipinski definition) is 6. The summed E-state index contributed by atoms with van der Waals surface area (Å²) in [5.41, 5.74) is 3.37. The van der Waals surface area contributed by atoms with E-state index in [1.165, 1.54) is 9.70 Å². The highest BCUT2D eigenvalue weighted by molar-refractivity contribution is 5.91. The van der Waals surface area contributed by atoms with Crippen molar-refractivity contribution in [3.05, 3.63) is 72.3 Å². The molecule has 3 heterocycles. The van der Waals surface area contributed by atoms with E-state index in [9.17, 15) is 14.4 Å². The number of hydrazine groups is 1. The number of urea groups is 1. The van der Waals surface area contributed by atoms with Crippen LogP contribution in [0.2, 0.25) is 0 Å². The molecule has 37 heavy (non-hydrogen) atoms. The minimum absolute atomic E-state index is 0.0117. The Labute approximate surface area is 214 Å². The number of piperazine rings is 1. The summed E-state index contributed by atoms with van der Waals surface area (Å²) >= 11 is 0. The third-order valence-corrected chi connectivity index (χ3v) is 6.74. The maximum atomic E-state index is 13.5. The van der Waals surface area contributed by atoms with Crippen molar-refractivity contribution in [2.24, 2.45) is 7.05 Å². The molecule has 0 aliphatic carbocycles. The molecule has 1 aromatic heterocycles. The highest BCUT2D eigenvalue weighted by Gasteiger charge is 2.49. The van der Waals surface area contributed by atoms with Crippen LogP contribution in [-0.2, 0) is 29.7 Å². The van der Waals surface area contributed by atoms with Gasteiger partial charge in [-0.15, -0.1) is 6.58 Å². The Balaban J connectivity index is 1.41. The molecule has 11 nitrogen and oxygen atoms in total. The van der Waals surface area contributed by atoms with Gasteiger partial charge in [-0.25, -0.2) is 14.8 Å². The predicted molar refractivity (Wildman–Crippen MR) is 136 cm³/mol. The van der Waals surface area contributed by atoms with E-state index in [-0.39, 0.29) is 30.9 Å². The topological polar surface area (TPSA) is 107 Å². The maximum Gasteiger partial charge on any atom is 0.334 e. The van der Waals surface area contributed by atoms with Gasteiger partial charge in [0.1, 0.15) is 23.2 Å². The fourth-order valence-electron chi connectivity index (χ4n) is 5.05. The molecule has 0 saturated carbocycles. The molecule has 0 radical (unpaired) electrons. The molecule has 0 spiro atoms. The first-order chi connectivity index (χ1) is 17.9. The zero-order valence-electron chi connectivity index (χ0n) is 20.9. The minimum Gasteiger partial charge on any atom is -0.333 e. The molecule has 0 bridgehead atoms. The summed E-state index contributed by atoms with van der Waals surface area (Å²) in [4.78, 5) is 44.7. The van der Waals surface area contributed by atoms with Crippen LogP contribution in [0, 0.1) is 0 Å². The number of carbonyl (C=O) groups excluding carboxylic acids is 3. The van der Waals surface area contributed by atoms with Crippen LogP contribution in [0.25, 0.3) is 11.0 Å². The van der Waals surface area contributed by atoms with E-state index in [2.05, 4.69) is 22.1 Å². The Morgan fingerprint density at radius 2 is 1.86 bits per heavy atom. The van der Waals surface area contributed by atoms with Gasteiger partial charge in [0.05, 0.1) is 13.1 Å². The van der Waals surface area contributed by atoms with E-state index in [0.29, 0.717) is 19.6 Å². The van der Waals surface area contributed by atoms with E-state index in [4.69, 9.17) is 0 Å².